The summed E-state index contributed by atoms with van der Waals surface area (Å²) in [5.74, 6) is -0.878. The quantitative estimate of drug-likeness (QED) is 0.434. The average molecular weight is 497 g/mol. The zero-order valence-corrected chi connectivity index (χ0v) is 20.6. The Hall–Kier alpha value is -3.46. The van der Waals surface area contributed by atoms with Crippen molar-refractivity contribution >= 4 is 18.1 Å². The lowest BCUT2D eigenvalue weighted by atomic mass is 9.88. The van der Waals surface area contributed by atoms with Crippen LogP contribution in [-0.4, -0.2) is 49.0 Å². The minimum absolute atomic E-state index is 0.0868. The summed E-state index contributed by atoms with van der Waals surface area (Å²) in [6.07, 6.45) is 11.9. The number of carbonyl (C=O) groups excluding carboxylic acids is 2. The molecule has 1 saturated heterocycles. The first-order valence-electron chi connectivity index (χ1n) is 12.4. The first-order valence-corrected chi connectivity index (χ1v) is 12.4. The average Bonchev–Trinajstić information content (AvgIpc) is 3.36. The first kappa shape index (κ1) is 25.6. The molecule has 4 atom stereocenters. The van der Waals surface area contributed by atoms with E-state index in [0.717, 1.165) is 31.2 Å². The Labute approximate surface area is 210 Å². The summed E-state index contributed by atoms with van der Waals surface area (Å²) in [6, 6.07) is 5.79. The van der Waals surface area contributed by atoms with Gasteiger partial charge in [0.05, 0.1) is 26.2 Å². The van der Waals surface area contributed by atoms with Crippen LogP contribution in [0.3, 0.4) is 0 Å². The molecule has 8 nitrogen and oxygen atoms in total. The van der Waals surface area contributed by atoms with Gasteiger partial charge in [-0.25, -0.2) is 4.39 Å². The molecule has 1 aromatic carbocycles. The van der Waals surface area contributed by atoms with E-state index in [1.807, 2.05) is 24.6 Å². The Kier molecular flexibility index (Phi) is 8.53. The number of methoxy groups -OCH3 is 1. The van der Waals surface area contributed by atoms with Gasteiger partial charge >= 0.3 is 5.97 Å². The third kappa shape index (κ3) is 6.40. The molecule has 1 aromatic heterocycles. The molecular formula is C27H33FN4O4. The van der Waals surface area contributed by atoms with Crippen LogP contribution in [0.2, 0.25) is 0 Å². The summed E-state index contributed by atoms with van der Waals surface area (Å²) in [5, 5.41) is 6.46. The molecule has 192 valence electrons. The Balaban J connectivity index is 1.37. The Morgan fingerprint density at radius 3 is 2.92 bits per heavy atom. The second-order valence-corrected chi connectivity index (χ2v) is 9.12. The number of H-pyrrole nitrogens is 1. The van der Waals surface area contributed by atoms with E-state index in [2.05, 4.69) is 26.7 Å². The molecule has 3 heterocycles. The van der Waals surface area contributed by atoms with Gasteiger partial charge in [-0.1, -0.05) is 12.1 Å². The standard InChI is InChI=1S/C27H33FN4O4/c1-3-36-25(33)15-22(19-8-11-24(35-2)21(28)14-19)32-27(34)23-13-17(16-30-23)6-9-20-10-7-18-5-4-12-29-26(18)31-20/h4-5,8,11-14,16,18,20,22,26,30-31H,3,6-7,9-10,15H2,1-2H3,(H,32,34)/t18?,20?,22-,26?/m0/s1. The van der Waals surface area contributed by atoms with Gasteiger partial charge in [0, 0.05) is 24.4 Å². The van der Waals surface area contributed by atoms with E-state index >= 15 is 0 Å². The third-order valence-corrected chi connectivity index (χ3v) is 6.68. The molecule has 0 radical (unpaired) electrons. The molecule has 9 heteroatoms. The molecule has 3 unspecified atom stereocenters. The molecular weight excluding hydrogens is 463 g/mol. The number of rotatable bonds is 10. The number of hydrogen-bond donors (Lipinski definition) is 3. The fourth-order valence-electron chi connectivity index (χ4n) is 4.75. The SMILES string of the molecule is CCOC(=O)C[C@H](NC(=O)c1cc(CCC2CCC3C=CC=NC3N2)c[nH]1)c1ccc(OC)c(F)c1. The topological polar surface area (TPSA) is 105 Å². The van der Waals surface area contributed by atoms with Crippen molar-refractivity contribution in [3.8, 4) is 5.75 Å². The molecule has 2 aliphatic heterocycles. The Morgan fingerprint density at radius 1 is 1.28 bits per heavy atom. The van der Waals surface area contributed by atoms with Crippen LogP contribution in [0.4, 0.5) is 4.39 Å². The number of aromatic amines is 1. The molecule has 1 fully saturated rings. The number of aryl methyl sites for hydroxylation is 1. The van der Waals surface area contributed by atoms with Crippen molar-refractivity contribution in [1.82, 2.24) is 15.6 Å². The Bertz CT molecular complexity index is 1130. The highest BCUT2D eigenvalue weighted by Gasteiger charge is 2.28. The normalized spacial score (nSPS) is 21.5. The molecule has 0 aliphatic carbocycles. The number of halogens is 1. The fourth-order valence-corrected chi connectivity index (χ4v) is 4.75. The maximum atomic E-state index is 14.3. The van der Waals surface area contributed by atoms with Crippen molar-refractivity contribution in [3.05, 3.63) is 65.3 Å². The van der Waals surface area contributed by atoms with Crippen LogP contribution in [0, 0.1) is 11.7 Å². The zero-order chi connectivity index (χ0) is 25.5. The number of fused-ring (bicyclic) bond motifs is 1. The van der Waals surface area contributed by atoms with Crippen molar-refractivity contribution in [3.63, 3.8) is 0 Å². The lowest BCUT2D eigenvalue weighted by Gasteiger charge is -2.35. The molecule has 0 saturated carbocycles. The maximum Gasteiger partial charge on any atom is 0.308 e. The van der Waals surface area contributed by atoms with Gasteiger partial charge in [0.2, 0.25) is 0 Å². The van der Waals surface area contributed by atoms with Gasteiger partial charge in [0.15, 0.2) is 11.6 Å². The van der Waals surface area contributed by atoms with Crippen molar-refractivity contribution in [1.29, 1.82) is 0 Å². The first-order chi connectivity index (χ1) is 17.5. The van der Waals surface area contributed by atoms with Crippen LogP contribution in [-0.2, 0) is 16.0 Å². The minimum Gasteiger partial charge on any atom is -0.494 e. The Morgan fingerprint density at radius 2 is 2.14 bits per heavy atom. The molecule has 0 spiro atoms. The number of nitrogens with zero attached hydrogens (tertiary/aromatic N) is 1. The number of aromatic nitrogens is 1. The summed E-state index contributed by atoms with van der Waals surface area (Å²) in [4.78, 5) is 32.7. The number of nitrogens with one attached hydrogen (secondary N) is 3. The molecule has 4 rings (SSSR count). The number of piperidine rings is 1. The molecule has 0 bridgehead atoms. The van der Waals surface area contributed by atoms with Crippen molar-refractivity contribution < 1.29 is 23.5 Å². The highest BCUT2D eigenvalue weighted by molar-refractivity contribution is 5.93. The van der Waals surface area contributed by atoms with Gasteiger partial charge in [-0.05, 0) is 68.0 Å². The second-order valence-electron chi connectivity index (χ2n) is 9.12. The van der Waals surface area contributed by atoms with Crippen LogP contribution in [0.5, 0.6) is 5.75 Å². The smallest absolute Gasteiger partial charge is 0.308 e. The summed E-state index contributed by atoms with van der Waals surface area (Å²) in [5.41, 5.74) is 1.85. The number of esters is 1. The van der Waals surface area contributed by atoms with E-state index in [-0.39, 0.29) is 30.9 Å². The summed E-state index contributed by atoms with van der Waals surface area (Å²) >= 11 is 0. The predicted molar refractivity (Wildman–Crippen MR) is 135 cm³/mol. The number of allylic oxidation sites excluding steroid dienone is 1. The summed E-state index contributed by atoms with van der Waals surface area (Å²) < 4.78 is 24.3. The second kappa shape index (κ2) is 12.0. The van der Waals surface area contributed by atoms with E-state index in [1.165, 1.54) is 19.2 Å². The van der Waals surface area contributed by atoms with Crippen LogP contribution < -0.4 is 15.4 Å². The monoisotopic (exact) mass is 496 g/mol. The van der Waals surface area contributed by atoms with Gasteiger partial charge in [-0.15, -0.1) is 0 Å². The molecule has 2 aromatic rings. The summed E-state index contributed by atoms with van der Waals surface area (Å²) in [7, 11) is 1.38. The number of hydrogen-bond acceptors (Lipinski definition) is 6. The summed E-state index contributed by atoms with van der Waals surface area (Å²) in [6.45, 7) is 1.93. The molecule has 1 amide bonds. The number of amides is 1. The van der Waals surface area contributed by atoms with E-state index in [9.17, 15) is 14.0 Å². The largest absolute Gasteiger partial charge is 0.494 e. The maximum absolute atomic E-state index is 14.3. The lowest BCUT2D eigenvalue weighted by molar-refractivity contribution is -0.143. The van der Waals surface area contributed by atoms with Gasteiger partial charge in [0.25, 0.3) is 5.91 Å². The van der Waals surface area contributed by atoms with Crippen molar-refractivity contribution in [2.75, 3.05) is 13.7 Å². The van der Waals surface area contributed by atoms with Gasteiger partial charge in [-0.2, -0.15) is 0 Å². The van der Waals surface area contributed by atoms with Crippen LogP contribution in [0.1, 0.15) is 60.3 Å². The van der Waals surface area contributed by atoms with E-state index < -0.39 is 17.8 Å². The highest BCUT2D eigenvalue weighted by atomic mass is 19.1. The van der Waals surface area contributed by atoms with E-state index in [1.54, 1.807) is 13.0 Å². The van der Waals surface area contributed by atoms with Gasteiger partial charge in [-0.3, -0.25) is 19.9 Å². The number of dihydropyridines is 1. The minimum atomic E-state index is -0.756. The van der Waals surface area contributed by atoms with Crippen LogP contribution >= 0.6 is 0 Å². The fraction of sp³-hybridized carbons (Fsp3) is 0.444. The number of aliphatic imine (C=N–C) groups is 1. The lowest BCUT2D eigenvalue weighted by Crippen LogP contribution is -2.46. The molecule has 3 N–H and O–H groups in total. The van der Waals surface area contributed by atoms with Gasteiger partial charge in [0.1, 0.15) is 11.9 Å². The van der Waals surface area contributed by atoms with Crippen molar-refractivity contribution in [2.24, 2.45) is 10.9 Å². The van der Waals surface area contributed by atoms with Crippen LogP contribution in [0.25, 0.3) is 0 Å². The van der Waals surface area contributed by atoms with Crippen LogP contribution in [0.15, 0.2) is 47.6 Å². The van der Waals surface area contributed by atoms with E-state index in [0.29, 0.717) is 23.2 Å². The number of carbonyl (C=O) groups is 2. The number of ether oxygens (including phenoxy) is 2. The number of benzene rings is 1. The predicted octanol–water partition coefficient (Wildman–Crippen LogP) is 3.85. The highest BCUT2D eigenvalue weighted by Crippen LogP contribution is 2.27. The van der Waals surface area contributed by atoms with E-state index in [4.69, 9.17) is 9.47 Å². The zero-order valence-electron chi connectivity index (χ0n) is 20.6. The molecule has 36 heavy (non-hydrogen) atoms. The molecule has 2 aliphatic rings. The van der Waals surface area contributed by atoms with Crippen molar-refractivity contribution in [2.45, 2.75) is 57.3 Å². The van der Waals surface area contributed by atoms with Gasteiger partial charge < -0.3 is 19.8 Å². The third-order valence-electron chi connectivity index (χ3n) is 6.68.